The van der Waals surface area contributed by atoms with Crippen LogP contribution in [-0.2, 0) is 6.54 Å². The van der Waals surface area contributed by atoms with E-state index in [0.29, 0.717) is 13.3 Å². The lowest BCUT2D eigenvalue weighted by Gasteiger charge is -2.30. The molecule has 0 spiro atoms. The molecule has 2 aliphatic heterocycles. The molecule has 2 aliphatic rings. The Labute approximate surface area is 157 Å². The number of likely N-dealkylation sites (tertiary alicyclic amines) is 1. The topological polar surface area (TPSA) is 58.1 Å². The first-order valence-electron chi connectivity index (χ1n) is 9.80. The van der Waals surface area contributed by atoms with E-state index in [1.807, 2.05) is 25.2 Å². The minimum Gasteiger partial charge on any atom is -0.454 e. The zero-order chi connectivity index (χ0) is 18.2. The molecule has 0 bridgehead atoms. The number of unbranched alkanes of at least 4 members (excludes halogenated alkanes) is 1. The Morgan fingerprint density at radius 1 is 1.15 bits per heavy atom. The van der Waals surface area contributed by atoms with Crippen molar-refractivity contribution in [2.24, 2.45) is 10.9 Å². The normalized spacial score (nSPS) is 18.2. The van der Waals surface area contributed by atoms with Gasteiger partial charge < -0.3 is 25.0 Å². The van der Waals surface area contributed by atoms with Gasteiger partial charge in [0.2, 0.25) is 6.79 Å². The second-order valence-electron chi connectivity index (χ2n) is 7.27. The highest BCUT2D eigenvalue weighted by Gasteiger charge is 2.15. The second-order valence-corrected chi connectivity index (χ2v) is 7.27. The van der Waals surface area contributed by atoms with Crippen LogP contribution in [0.5, 0.6) is 11.5 Å². The van der Waals surface area contributed by atoms with Crippen LogP contribution in [0.15, 0.2) is 23.2 Å². The lowest BCUT2D eigenvalue weighted by Crippen LogP contribution is -2.38. The van der Waals surface area contributed by atoms with Gasteiger partial charge in [-0.1, -0.05) is 13.0 Å². The Morgan fingerprint density at radius 3 is 2.77 bits per heavy atom. The van der Waals surface area contributed by atoms with Crippen molar-refractivity contribution in [1.29, 1.82) is 0 Å². The Balaban J connectivity index is 1.30. The Morgan fingerprint density at radius 2 is 1.96 bits per heavy atom. The maximum atomic E-state index is 5.42. The number of ether oxygens (including phenoxy) is 2. The standard InChI is InChI=1S/C20H32N4O2/c1-16-7-11-24(12-8-16)10-4-3-9-22-20(21-2)23-14-17-5-6-18-19(13-17)26-15-25-18/h5-6,13,16H,3-4,7-12,14-15H2,1-2H3,(H2,21,22,23). The molecule has 1 fully saturated rings. The summed E-state index contributed by atoms with van der Waals surface area (Å²) in [6.45, 7) is 8.10. The van der Waals surface area contributed by atoms with E-state index >= 15 is 0 Å². The van der Waals surface area contributed by atoms with E-state index in [1.54, 1.807) is 0 Å². The number of piperidine rings is 1. The number of benzene rings is 1. The molecule has 0 aliphatic carbocycles. The molecule has 0 atom stereocenters. The smallest absolute Gasteiger partial charge is 0.231 e. The number of fused-ring (bicyclic) bond motifs is 1. The predicted octanol–water partition coefficient (Wildman–Crippen LogP) is 2.59. The van der Waals surface area contributed by atoms with Crippen LogP contribution in [0.4, 0.5) is 0 Å². The van der Waals surface area contributed by atoms with E-state index in [1.165, 1.54) is 38.9 Å². The molecule has 26 heavy (non-hydrogen) atoms. The molecule has 0 radical (unpaired) electrons. The van der Waals surface area contributed by atoms with Crippen LogP contribution >= 0.6 is 0 Å². The lowest BCUT2D eigenvalue weighted by atomic mass is 9.99. The first-order chi connectivity index (χ1) is 12.7. The largest absolute Gasteiger partial charge is 0.454 e. The van der Waals surface area contributed by atoms with Crippen molar-refractivity contribution in [1.82, 2.24) is 15.5 Å². The van der Waals surface area contributed by atoms with Gasteiger partial charge in [0.1, 0.15) is 0 Å². The number of hydrogen-bond donors (Lipinski definition) is 2. The van der Waals surface area contributed by atoms with Crippen molar-refractivity contribution in [3.05, 3.63) is 23.8 Å². The lowest BCUT2D eigenvalue weighted by molar-refractivity contribution is 0.174. The van der Waals surface area contributed by atoms with Crippen molar-refractivity contribution in [2.45, 2.75) is 39.2 Å². The van der Waals surface area contributed by atoms with Crippen molar-refractivity contribution in [3.63, 3.8) is 0 Å². The fourth-order valence-corrected chi connectivity index (χ4v) is 3.41. The summed E-state index contributed by atoms with van der Waals surface area (Å²) in [6, 6.07) is 6.02. The number of hydrogen-bond acceptors (Lipinski definition) is 4. The average Bonchev–Trinajstić information content (AvgIpc) is 3.13. The molecule has 6 nitrogen and oxygen atoms in total. The summed E-state index contributed by atoms with van der Waals surface area (Å²) in [6.07, 6.45) is 5.11. The molecule has 0 aromatic heterocycles. The molecule has 2 heterocycles. The highest BCUT2D eigenvalue weighted by molar-refractivity contribution is 5.79. The Bertz CT molecular complexity index is 597. The number of guanidine groups is 1. The molecule has 144 valence electrons. The highest BCUT2D eigenvalue weighted by Crippen LogP contribution is 2.32. The molecule has 1 aromatic rings. The summed E-state index contributed by atoms with van der Waals surface area (Å²) in [7, 11) is 1.81. The molecule has 6 heteroatoms. The van der Waals surface area contributed by atoms with Crippen molar-refractivity contribution in [3.8, 4) is 11.5 Å². The molecule has 1 aromatic carbocycles. The summed E-state index contributed by atoms with van der Waals surface area (Å²) in [5.41, 5.74) is 1.15. The number of nitrogens with zero attached hydrogens (tertiary/aromatic N) is 2. The van der Waals surface area contributed by atoms with Crippen LogP contribution in [-0.4, -0.2) is 50.9 Å². The zero-order valence-electron chi connectivity index (χ0n) is 16.1. The summed E-state index contributed by atoms with van der Waals surface area (Å²) in [4.78, 5) is 6.90. The van der Waals surface area contributed by atoms with Gasteiger partial charge >= 0.3 is 0 Å². The zero-order valence-corrected chi connectivity index (χ0v) is 16.1. The van der Waals surface area contributed by atoms with E-state index < -0.39 is 0 Å². The number of nitrogens with one attached hydrogen (secondary N) is 2. The Hall–Kier alpha value is -1.95. The molecule has 2 N–H and O–H groups in total. The summed E-state index contributed by atoms with van der Waals surface area (Å²) < 4.78 is 10.8. The SMILES string of the molecule is CN=C(NCCCCN1CCC(C)CC1)NCc1ccc2c(c1)OCO2. The monoisotopic (exact) mass is 360 g/mol. The van der Waals surface area contributed by atoms with Crippen LogP contribution in [0.25, 0.3) is 0 Å². The van der Waals surface area contributed by atoms with E-state index in [4.69, 9.17) is 9.47 Å². The predicted molar refractivity (Wildman–Crippen MR) is 105 cm³/mol. The third kappa shape index (κ3) is 5.53. The fraction of sp³-hybridized carbons (Fsp3) is 0.650. The van der Waals surface area contributed by atoms with Gasteiger partial charge in [0.25, 0.3) is 0 Å². The van der Waals surface area contributed by atoms with Gasteiger partial charge in [0.05, 0.1) is 0 Å². The minimum absolute atomic E-state index is 0.311. The van der Waals surface area contributed by atoms with Crippen LogP contribution < -0.4 is 20.1 Å². The molecular weight excluding hydrogens is 328 g/mol. The van der Waals surface area contributed by atoms with Crippen LogP contribution in [0.2, 0.25) is 0 Å². The quantitative estimate of drug-likeness (QED) is 0.445. The fourth-order valence-electron chi connectivity index (χ4n) is 3.41. The first-order valence-corrected chi connectivity index (χ1v) is 9.80. The summed E-state index contributed by atoms with van der Waals surface area (Å²) >= 11 is 0. The Kier molecular flexibility index (Phi) is 7.00. The molecule has 0 saturated carbocycles. The van der Waals surface area contributed by atoms with E-state index in [2.05, 4.69) is 27.4 Å². The third-order valence-corrected chi connectivity index (χ3v) is 5.19. The minimum atomic E-state index is 0.311. The van der Waals surface area contributed by atoms with Crippen LogP contribution in [0.3, 0.4) is 0 Å². The van der Waals surface area contributed by atoms with Gasteiger partial charge in [-0.2, -0.15) is 0 Å². The maximum absolute atomic E-state index is 5.42. The van der Waals surface area contributed by atoms with Crippen molar-refractivity contribution >= 4 is 5.96 Å². The summed E-state index contributed by atoms with van der Waals surface area (Å²) in [5, 5.41) is 6.76. The van der Waals surface area contributed by atoms with Gasteiger partial charge in [-0.25, -0.2) is 0 Å². The van der Waals surface area contributed by atoms with Crippen LogP contribution in [0.1, 0.15) is 38.2 Å². The molecule has 0 amide bonds. The number of aliphatic imine (C=N–C) groups is 1. The third-order valence-electron chi connectivity index (χ3n) is 5.19. The van der Waals surface area contributed by atoms with Crippen LogP contribution in [0, 0.1) is 5.92 Å². The van der Waals surface area contributed by atoms with E-state index in [-0.39, 0.29) is 0 Å². The van der Waals surface area contributed by atoms with E-state index in [9.17, 15) is 0 Å². The molecule has 3 rings (SSSR count). The first kappa shape index (κ1) is 18.8. The summed E-state index contributed by atoms with van der Waals surface area (Å²) in [5.74, 6) is 3.39. The van der Waals surface area contributed by atoms with E-state index in [0.717, 1.165) is 41.9 Å². The molecule has 1 saturated heterocycles. The molecular formula is C20H32N4O2. The van der Waals surface area contributed by atoms with Gasteiger partial charge in [-0.3, -0.25) is 4.99 Å². The van der Waals surface area contributed by atoms with Gasteiger partial charge in [-0.15, -0.1) is 0 Å². The second kappa shape index (κ2) is 9.67. The van der Waals surface area contributed by atoms with Crippen molar-refractivity contribution in [2.75, 3.05) is 40.0 Å². The highest BCUT2D eigenvalue weighted by atomic mass is 16.7. The van der Waals surface area contributed by atoms with Gasteiger partial charge in [-0.05, 0) is 68.9 Å². The van der Waals surface area contributed by atoms with Gasteiger partial charge in [0.15, 0.2) is 17.5 Å². The number of rotatable bonds is 7. The average molecular weight is 361 g/mol. The maximum Gasteiger partial charge on any atom is 0.231 e. The van der Waals surface area contributed by atoms with Crippen molar-refractivity contribution < 1.29 is 9.47 Å². The van der Waals surface area contributed by atoms with Gasteiger partial charge in [0, 0.05) is 20.1 Å². The molecule has 0 unspecified atom stereocenters.